The number of fused-ring (bicyclic) bond motifs is 9. The first-order valence-electron chi connectivity index (χ1n) is 8.63. The van der Waals surface area contributed by atoms with Crippen LogP contribution in [0.2, 0.25) is 0 Å². The van der Waals surface area contributed by atoms with Gasteiger partial charge in [0.2, 0.25) is 0 Å². The minimum Gasteiger partial charge on any atom is -0.289 e. The van der Waals surface area contributed by atoms with Crippen molar-refractivity contribution in [3.05, 3.63) is 93.2 Å². The molecule has 0 heterocycles. The van der Waals surface area contributed by atoms with Gasteiger partial charge in [0, 0.05) is 26.9 Å². The first kappa shape index (κ1) is 13.7. The lowest BCUT2D eigenvalue weighted by Crippen LogP contribution is -1.96. The lowest BCUT2D eigenvalue weighted by Gasteiger charge is -1.99. The van der Waals surface area contributed by atoms with Crippen LogP contribution in [-0.2, 0) is 0 Å². The van der Waals surface area contributed by atoms with Gasteiger partial charge in [-0.15, -0.1) is 0 Å². The molecule has 0 spiro atoms. The van der Waals surface area contributed by atoms with Crippen molar-refractivity contribution in [3.8, 4) is 0 Å². The second kappa shape index (κ2) is 4.55. The molecule has 0 unspecified atom stereocenters. The first-order chi connectivity index (χ1) is 12.8. The van der Waals surface area contributed by atoms with Crippen molar-refractivity contribution in [2.45, 2.75) is 0 Å². The van der Waals surface area contributed by atoms with Gasteiger partial charge in [-0.05, 0) is 33.0 Å². The lowest BCUT2D eigenvalue weighted by molar-refractivity contribution is 1.79. The molecule has 6 aromatic carbocycles. The SMILES string of the molecule is O=c1c2ccc3c4ccccc4c(=O)c3c2c2ccc3ccccc3c12. The van der Waals surface area contributed by atoms with Crippen molar-refractivity contribution in [2.75, 3.05) is 0 Å². The maximum absolute atomic E-state index is 13.2. The van der Waals surface area contributed by atoms with Gasteiger partial charge in [-0.25, -0.2) is 0 Å². The normalized spacial score (nSPS) is 12.2. The van der Waals surface area contributed by atoms with Crippen LogP contribution in [0.3, 0.4) is 0 Å². The van der Waals surface area contributed by atoms with Gasteiger partial charge in [-0.3, -0.25) is 9.59 Å². The second-order valence-electron chi connectivity index (χ2n) is 6.82. The monoisotopic (exact) mass is 332 g/mol. The smallest absolute Gasteiger partial charge is 0.194 e. The minimum atomic E-state index is 0.0124. The summed E-state index contributed by atoms with van der Waals surface area (Å²) >= 11 is 0. The molecule has 0 saturated heterocycles. The molecule has 6 rings (SSSR count). The summed E-state index contributed by atoms with van der Waals surface area (Å²) in [6, 6.07) is 23.4. The van der Waals surface area contributed by atoms with Crippen LogP contribution in [0.15, 0.2) is 82.4 Å². The summed E-state index contributed by atoms with van der Waals surface area (Å²) in [6.07, 6.45) is 0. The van der Waals surface area contributed by atoms with E-state index < -0.39 is 0 Å². The van der Waals surface area contributed by atoms with Gasteiger partial charge in [0.05, 0.1) is 0 Å². The van der Waals surface area contributed by atoms with Crippen molar-refractivity contribution in [1.82, 2.24) is 0 Å². The Morgan fingerprint density at radius 1 is 0.385 bits per heavy atom. The molecular formula is C24H12O2. The summed E-state index contributed by atoms with van der Waals surface area (Å²) in [5.74, 6) is 0. The largest absolute Gasteiger partial charge is 0.289 e. The van der Waals surface area contributed by atoms with E-state index in [9.17, 15) is 9.59 Å². The summed E-state index contributed by atoms with van der Waals surface area (Å²) in [4.78, 5) is 26.3. The molecule has 26 heavy (non-hydrogen) atoms. The van der Waals surface area contributed by atoms with Gasteiger partial charge >= 0.3 is 0 Å². The molecule has 0 radical (unpaired) electrons. The molecule has 0 aliphatic heterocycles. The number of hydrogen-bond donors (Lipinski definition) is 0. The zero-order valence-electron chi connectivity index (χ0n) is 13.7. The first-order valence-corrected chi connectivity index (χ1v) is 8.63. The minimum absolute atomic E-state index is 0.0124. The van der Waals surface area contributed by atoms with Gasteiger partial charge in [0.15, 0.2) is 10.9 Å². The zero-order valence-corrected chi connectivity index (χ0v) is 13.7. The Morgan fingerprint density at radius 3 is 1.85 bits per heavy atom. The maximum Gasteiger partial charge on any atom is 0.194 e. The number of benzene rings is 4. The van der Waals surface area contributed by atoms with E-state index >= 15 is 0 Å². The van der Waals surface area contributed by atoms with Gasteiger partial charge in [0.25, 0.3) is 0 Å². The van der Waals surface area contributed by atoms with E-state index in [1.165, 1.54) is 0 Å². The summed E-state index contributed by atoms with van der Waals surface area (Å²) in [7, 11) is 0. The van der Waals surface area contributed by atoms with Crippen LogP contribution in [0.25, 0.3) is 53.9 Å². The topological polar surface area (TPSA) is 34.1 Å². The Labute approximate surface area is 147 Å². The molecule has 0 aliphatic carbocycles. The summed E-state index contributed by atoms with van der Waals surface area (Å²) < 4.78 is 0. The Morgan fingerprint density at radius 2 is 1.00 bits per heavy atom. The summed E-state index contributed by atoms with van der Waals surface area (Å²) in [5, 5.41) is 8.29. The molecule has 0 N–H and O–H groups in total. The fourth-order valence-corrected chi connectivity index (χ4v) is 4.44. The second-order valence-corrected chi connectivity index (χ2v) is 6.82. The van der Waals surface area contributed by atoms with E-state index in [0.29, 0.717) is 10.8 Å². The van der Waals surface area contributed by atoms with Crippen molar-refractivity contribution in [3.63, 3.8) is 0 Å². The number of hydrogen-bond acceptors (Lipinski definition) is 2. The maximum atomic E-state index is 13.2. The van der Waals surface area contributed by atoms with Crippen molar-refractivity contribution < 1.29 is 0 Å². The quantitative estimate of drug-likeness (QED) is 0.390. The third-order valence-electron chi connectivity index (χ3n) is 5.56. The average Bonchev–Trinajstić information content (AvgIpc) is 3.15. The molecule has 0 aromatic heterocycles. The van der Waals surface area contributed by atoms with E-state index in [-0.39, 0.29) is 10.9 Å². The fourth-order valence-electron chi connectivity index (χ4n) is 4.44. The average molecular weight is 332 g/mol. The van der Waals surface area contributed by atoms with Crippen LogP contribution >= 0.6 is 0 Å². The molecule has 6 aromatic rings. The molecular weight excluding hydrogens is 320 g/mol. The van der Waals surface area contributed by atoms with E-state index in [4.69, 9.17) is 0 Å². The lowest BCUT2D eigenvalue weighted by atomic mass is 10.0. The van der Waals surface area contributed by atoms with Gasteiger partial charge in [-0.2, -0.15) is 0 Å². The van der Waals surface area contributed by atoms with Crippen molar-refractivity contribution in [1.29, 1.82) is 0 Å². The predicted molar refractivity (Wildman–Crippen MR) is 109 cm³/mol. The highest BCUT2D eigenvalue weighted by molar-refractivity contribution is 6.31. The number of rotatable bonds is 0. The van der Waals surface area contributed by atoms with Crippen molar-refractivity contribution >= 4 is 53.9 Å². The van der Waals surface area contributed by atoms with Crippen LogP contribution in [0, 0.1) is 0 Å². The van der Waals surface area contributed by atoms with Crippen LogP contribution < -0.4 is 10.9 Å². The Kier molecular flexibility index (Phi) is 2.41. The molecule has 2 nitrogen and oxygen atoms in total. The predicted octanol–water partition coefficient (Wildman–Crippen LogP) is 5.05. The van der Waals surface area contributed by atoms with Crippen LogP contribution in [-0.4, -0.2) is 0 Å². The van der Waals surface area contributed by atoms with Gasteiger partial charge in [0.1, 0.15) is 0 Å². The Balaban J connectivity index is 2.02. The molecule has 0 atom stereocenters. The highest BCUT2D eigenvalue weighted by atomic mass is 16.1. The highest BCUT2D eigenvalue weighted by Gasteiger charge is 2.19. The standard InChI is InChI=1S/C24H12O2/c25-23-17-8-4-3-7-15(17)16-11-12-19-20(22(16)23)18-10-9-13-5-1-2-6-14(13)21(18)24(19)26/h1-12H. The van der Waals surface area contributed by atoms with Crippen molar-refractivity contribution in [2.24, 2.45) is 0 Å². The van der Waals surface area contributed by atoms with Crippen LogP contribution in [0.5, 0.6) is 0 Å². The zero-order chi connectivity index (χ0) is 17.4. The van der Waals surface area contributed by atoms with Gasteiger partial charge in [-0.1, -0.05) is 66.7 Å². The third-order valence-corrected chi connectivity index (χ3v) is 5.56. The van der Waals surface area contributed by atoms with E-state index in [0.717, 1.165) is 43.1 Å². The van der Waals surface area contributed by atoms with Gasteiger partial charge < -0.3 is 0 Å². The Hall–Kier alpha value is -3.52. The van der Waals surface area contributed by atoms with E-state index in [1.54, 1.807) is 0 Å². The Bertz CT molecular complexity index is 1610. The fraction of sp³-hybridized carbons (Fsp3) is 0. The molecule has 0 saturated carbocycles. The summed E-state index contributed by atoms with van der Waals surface area (Å²) in [5.41, 5.74) is 0.0274. The molecule has 2 heteroatoms. The third kappa shape index (κ3) is 1.48. The highest BCUT2D eigenvalue weighted by Crippen LogP contribution is 2.36. The van der Waals surface area contributed by atoms with E-state index in [1.807, 2.05) is 72.8 Å². The molecule has 0 fully saturated rings. The van der Waals surface area contributed by atoms with Crippen LogP contribution in [0.1, 0.15) is 0 Å². The molecule has 0 aliphatic rings. The molecule has 0 bridgehead atoms. The van der Waals surface area contributed by atoms with Crippen LogP contribution in [0.4, 0.5) is 0 Å². The summed E-state index contributed by atoms with van der Waals surface area (Å²) in [6.45, 7) is 0. The van der Waals surface area contributed by atoms with E-state index in [2.05, 4.69) is 0 Å². The molecule has 0 amide bonds. The molecule has 120 valence electrons.